The first kappa shape index (κ1) is 19.5. The minimum atomic E-state index is -4.46. The summed E-state index contributed by atoms with van der Waals surface area (Å²) >= 11 is 0. The Hall–Kier alpha value is -3.30. The second-order valence-corrected chi connectivity index (χ2v) is 6.29. The van der Waals surface area contributed by atoms with E-state index in [-0.39, 0.29) is 17.6 Å². The van der Waals surface area contributed by atoms with Crippen LogP contribution in [0.1, 0.15) is 29.8 Å². The van der Waals surface area contributed by atoms with Gasteiger partial charge in [-0.25, -0.2) is 0 Å². The van der Waals surface area contributed by atoms with Crippen molar-refractivity contribution in [1.29, 1.82) is 0 Å². The minimum Gasteiger partial charge on any atom is -0.493 e. The number of amides is 1. The number of anilines is 2. The molecule has 0 saturated heterocycles. The number of nitrogens with one attached hydrogen (secondary N) is 2. The number of carbonyl (C=O) groups is 1. The molecule has 0 radical (unpaired) electrons. The monoisotopic (exact) mass is 393 g/mol. The van der Waals surface area contributed by atoms with E-state index in [4.69, 9.17) is 4.74 Å². The zero-order valence-corrected chi connectivity index (χ0v) is 15.3. The number of hydrogen-bond acceptors (Lipinski definition) is 5. The van der Waals surface area contributed by atoms with Gasteiger partial charge < -0.3 is 10.1 Å². The minimum absolute atomic E-state index is 0.00111. The van der Waals surface area contributed by atoms with E-state index in [1.54, 1.807) is 12.1 Å². The molecule has 0 saturated carbocycles. The number of ether oxygens (including phenoxy) is 1. The summed E-state index contributed by atoms with van der Waals surface area (Å²) in [6.45, 7) is 3.92. The molecule has 0 bridgehead atoms. The molecule has 7 nitrogen and oxygen atoms in total. The van der Waals surface area contributed by atoms with Gasteiger partial charge in [0.1, 0.15) is 5.82 Å². The van der Waals surface area contributed by atoms with Gasteiger partial charge in [0.2, 0.25) is 11.6 Å². The maximum absolute atomic E-state index is 12.6. The van der Waals surface area contributed by atoms with Crippen LogP contribution < -0.4 is 15.4 Å². The lowest BCUT2D eigenvalue weighted by molar-refractivity contribution is -0.137. The Morgan fingerprint density at radius 2 is 1.82 bits per heavy atom. The van der Waals surface area contributed by atoms with Crippen molar-refractivity contribution in [1.82, 2.24) is 14.6 Å². The number of pyridine rings is 1. The Balaban J connectivity index is 1.88. The molecular formula is C18H18F3N5O2. The van der Waals surface area contributed by atoms with E-state index in [2.05, 4.69) is 20.7 Å². The zero-order valence-electron chi connectivity index (χ0n) is 15.3. The van der Waals surface area contributed by atoms with Crippen LogP contribution in [-0.2, 0) is 6.18 Å². The van der Waals surface area contributed by atoms with Gasteiger partial charge in [0.15, 0.2) is 5.75 Å². The number of methoxy groups -OCH3 is 1. The third-order valence-corrected chi connectivity index (χ3v) is 3.80. The largest absolute Gasteiger partial charge is 0.493 e. The molecule has 0 aliphatic carbocycles. The molecule has 2 aromatic heterocycles. The summed E-state index contributed by atoms with van der Waals surface area (Å²) in [6, 6.07) is 7.50. The van der Waals surface area contributed by atoms with Crippen molar-refractivity contribution in [2.45, 2.75) is 26.1 Å². The second kappa shape index (κ2) is 7.37. The van der Waals surface area contributed by atoms with Gasteiger partial charge in [-0.15, -0.1) is 5.10 Å². The molecule has 2 heterocycles. The molecule has 1 amide bonds. The number of carbonyl (C=O) groups excluding carboxylic acids is 1. The Kier molecular flexibility index (Phi) is 5.12. The highest BCUT2D eigenvalue weighted by molar-refractivity contribution is 6.03. The smallest absolute Gasteiger partial charge is 0.416 e. The molecule has 2 N–H and O–H groups in total. The van der Waals surface area contributed by atoms with Crippen LogP contribution in [0.5, 0.6) is 5.75 Å². The van der Waals surface area contributed by atoms with Crippen LogP contribution in [-0.4, -0.2) is 33.7 Å². The molecule has 3 aromatic rings. The number of fused-ring (bicyclic) bond motifs is 1. The van der Waals surface area contributed by atoms with Gasteiger partial charge in [0, 0.05) is 11.6 Å². The second-order valence-electron chi connectivity index (χ2n) is 6.29. The highest BCUT2D eigenvalue weighted by Gasteiger charge is 2.30. The summed E-state index contributed by atoms with van der Waals surface area (Å²) in [7, 11) is 1.49. The maximum Gasteiger partial charge on any atom is 0.416 e. The van der Waals surface area contributed by atoms with Crippen molar-refractivity contribution in [2.75, 3.05) is 17.7 Å². The lowest BCUT2D eigenvalue weighted by Crippen LogP contribution is -2.15. The van der Waals surface area contributed by atoms with E-state index in [9.17, 15) is 18.0 Å². The van der Waals surface area contributed by atoms with Crippen LogP contribution in [0, 0.1) is 0 Å². The Morgan fingerprint density at radius 3 is 2.39 bits per heavy atom. The molecule has 0 fully saturated rings. The zero-order chi connectivity index (χ0) is 20.5. The number of alkyl halides is 3. The maximum atomic E-state index is 12.6. The Labute approximate surface area is 158 Å². The van der Waals surface area contributed by atoms with E-state index in [1.165, 1.54) is 11.6 Å². The van der Waals surface area contributed by atoms with Gasteiger partial charge in [-0.2, -0.15) is 22.7 Å². The van der Waals surface area contributed by atoms with Crippen molar-refractivity contribution in [3.05, 3.63) is 47.5 Å². The number of hydrogen-bond donors (Lipinski definition) is 2. The normalized spacial score (nSPS) is 11.7. The van der Waals surface area contributed by atoms with Gasteiger partial charge in [-0.05, 0) is 50.2 Å². The first-order valence-corrected chi connectivity index (χ1v) is 8.38. The van der Waals surface area contributed by atoms with Gasteiger partial charge in [-0.1, -0.05) is 0 Å². The molecule has 0 unspecified atom stereocenters. The quantitative estimate of drug-likeness (QED) is 0.689. The Bertz CT molecular complexity index is 997. The van der Waals surface area contributed by atoms with Crippen molar-refractivity contribution < 1.29 is 22.7 Å². The van der Waals surface area contributed by atoms with Crippen LogP contribution in [0.15, 0.2) is 36.4 Å². The van der Waals surface area contributed by atoms with E-state index >= 15 is 0 Å². The topological polar surface area (TPSA) is 80.5 Å². The van der Waals surface area contributed by atoms with Crippen molar-refractivity contribution in [3.63, 3.8) is 0 Å². The van der Waals surface area contributed by atoms with Crippen LogP contribution in [0.3, 0.4) is 0 Å². The summed E-state index contributed by atoms with van der Waals surface area (Å²) in [6.07, 6.45) is -4.46. The third kappa shape index (κ3) is 4.00. The molecule has 10 heteroatoms. The van der Waals surface area contributed by atoms with Gasteiger partial charge in [-0.3, -0.25) is 10.1 Å². The number of benzene rings is 1. The fourth-order valence-corrected chi connectivity index (χ4v) is 2.54. The van der Waals surface area contributed by atoms with Crippen molar-refractivity contribution in [2.24, 2.45) is 0 Å². The lowest BCUT2D eigenvalue weighted by atomic mass is 10.1. The molecule has 0 aliphatic heterocycles. The highest BCUT2D eigenvalue weighted by Crippen LogP contribution is 2.29. The average molecular weight is 393 g/mol. The van der Waals surface area contributed by atoms with Gasteiger partial charge >= 0.3 is 6.18 Å². The molecule has 28 heavy (non-hydrogen) atoms. The van der Waals surface area contributed by atoms with E-state index in [1.807, 2.05) is 13.8 Å². The van der Waals surface area contributed by atoms with Gasteiger partial charge in [0.25, 0.3) is 5.91 Å². The number of halogens is 3. The first-order valence-electron chi connectivity index (χ1n) is 8.38. The summed E-state index contributed by atoms with van der Waals surface area (Å²) in [5.41, 5.74) is -0.390. The van der Waals surface area contributed by atoms with E-state index < -0.39 is 17.6 Å². The molecule has 0 atom stereocenters. The molecule has 3 rings (SSSR count). The number of nitrogens with zero attached hydrogens (tertiary/aromatic N) is 3. The Morgan fingerprint density at radius 1 is 1.14 bits per heavy atom. The summed E-state index contributed by atoms with van der Waals surface area (Å²) in [4.78, 5) is 16.6. The van der Waals surface area contributed by atoms with Crippen molar-refractivity contribution >= 4 is 23.3 Å². The molecule has 0 aliphatic rings. The van der Waals surface area contributed by atoms with E-state index in [0.717, 1.165) is 24.3 Å². The molecular weight excluding hydrogens is 375 g/mol. The van der Waals surface area contributed by atoms with Crippen LogP contribution in [0.25, 0.3) is 5.65 Å². The van der Waals surface area contributed by atoms with Crippen LogP contribution in [0.4, 0.5) is 24.9 Å². The lowest BCUT2D eigenvalue weighted by Gasteiger charge is -2.12. The molecule has 0 spiro atoms. The van der Waals surface area contributed by atoms with Gasteiger partial charge in [0.05, 0.1) is 12.7 Å². The summed E-state index contributed by atoms with van der Waals surface area (Å²) in [5.74, 6) is 0.480. The van der Waals surface area contributed by atoms with Crippen LogP contribution in [0.2, 0.25) is 0 Å². The summed E-state index contributed by atoms with van der Waals surface area (Å²) < 4.78 is 44.7. The standard InChI is InChI=1S/C18H18F3N5O2/c1-10(2)22-14-9-8-13(28-3)15-23-17(25-26(14)15)24-16(27)11-4-6-12(7-5-11)18(19,20)21/h4-10,22H,1-3H3,(H,24,25,27). The van der Waals surface area contributed by atoms with Crippen molar-refractivity contribution in [3.8, 4) is 5.75 Å². The average Bonchev–Trinajstić information content (AvgIpc) is 3.05. The molecule has 148 valence electrons. The SMILES string of the molecule is COc1ccc(NC(C)C)n2nc(NC(=O)c3ccc(C(F)(F)F)cc3)nc12. The fraction of sp³-hybridized carbons (Fsp3) is 0.278. The summed E-state index contributed by atoms with van der Waals surface area (Å²) in [5, 5.41) is 9.94. The highest BCUT2D eigenvalue weighted by atomic mass is 19.4. The van der Waals surface area contributed by atoms with Crippen LogP contribution >= 0.6 is 0 Å². The van der Waals surface area contributed by atoms with E-state index in [0.29, 0.717) is 17.2 Å². The predicted octanol–water partition coefficient (Wildman–Crippen LogP) is 3.83. The predicted molar refractivity (Wildman–Crippen MR) is 97.7 cm³/mol. The third-order valence-electron chi connectivity index (χ3n) is 3.80. The number of aromatic nitrogens is 3. The molecule has 1 aromatic carbocycles. The fourth-order valence-electron chi connectivity index (χ4n) is 2.54. The number of rotatable bonds is 5. The first-order chi connectivity index (χ1) is 13.2.